The zero-order valence-electron chi connectivity index (χ0n) is 19.7. The Morgan fingerprint density at radius 2 is 1.97 bits per heavy atom. The van der Waals surface area contributed by atoms with Gasteiger partial charge in [0, 0.05) is 5.02 Å². The fourth-order valence-corrected chi connectivity index (χ4v) is 5.25. The van der Waals surface area contributed by atoms with E-state index in [0.717, 1.165) is 31.5 Å². The predicted octanol–water partition coefficient (Wildman–Crippen LogP) is 4.74. The van der Waals surface area contributed by atoms with Crippen LogP contribution in [0, 0.1) is 16.7 Å². The third-order valence-electron chi connectivity index (χ3n) is 6.53. The molecular formula is C24H30ClN7OS. The Balaban J connectivity index is 1.78. The topological polar surface area (TPSA) is 91.4 Å². The van der Waals surface area contributed by atoms with E-state index in [-0.39, 0.29) is 23.5 Å². The summed E-state index contributed by atoms with van der Waals surface area (Å²) >= 11 is 11.7. The van der Waals surface area contributed by atoms with E-state index in [1.54, 1.807) is 23.1 Å². The fourth-order valence-electron chi connectivity index (χ4n) is 4.79. The number of aliphatic imine (C=N–C) groups is 1. The Kier molecular flexibility index (Phi) is 7.10. The molecule has 180 valence electrons. The van der Waals surface area contributed by atoms with Crippen molar-refractivity contribution in [2.24, 2.45) is 10.4 Å². The van der Waals surface area contributed by atoms with Crippen LogP contribution in [-0.2, 0) is 0 Å². The smallest absolute Gasteiger partial charge is 0.215 e. The Morgan fingerprint density at radius 3 is 2.56 bits per heavy atom. The van der Waals surface area contributed by atoms with Gasteiger partial charge in [-0.1, -0.05) is 51.6 Å². The van der Waals surface area contributed by atoms with Crippen molar-refractivity contribution in [2.45, 2.75) is 70.7 Å². The third kappa shape index (κ3) is 4.89. The first-order valence-corrected chi connectivity index (χ1v) is 12.3. The average Bonchev–Trinajstić information content (AvgIpc) is 3.41. The highest BCUT2D eigenvalue weighted by Crippen LogP contribution is 2.40. The van der Waals surface area contributed by atoms with Crippen molar-refractivity contribution in [2.75, 3.05) is 6.54 Å². The molecule has 2 atom stereocenters. The van der Waals surface area contributed by atoms with E-state index in [1.165, 1.54) is 12.7 Å². The molecule has 1 aliphatic heterocycles. The number of rotatable bonds is 6. The molecule has 1 spiro atoms. The van der Waals surface area contributed by atoms with Crippen LogP contribution in [-0.4, -0.2) is 48.7 Å². The quantitative estimate of drug-likeness (QED) is 0.453. The highest BCUT2D eigenvalue weighted by atomic mass is 35.5. The lowest BCUT2D eigenvalue weighted by Gasteiger charge is -2.41. The number of halogens is 1. The molecule has 4 rings (SSSR count). The summed E-state index contributed by atoms with van der Waals surface area (Å²) in [6.07, 6.45) is 7.70. The second kappa shape index (κ2) is 9.88. The van der Waals surface area contributed by atoms with Crippen LogP contribution in [0.1, 0.15) is 59.1 Å². The normalized spacial score (nSPS) is 20.7. The predicted molar refractivity (Wildman–Crippen MR) is 136 cm³/mol. The highest BCUT2D eigenvalue weighted by molar-refractivity contribution is 7.80. The molecule has 1 N–H and O–H groups in total. The summed E-state index contributed by atoms with van der Waals surface area (Å²) in [5, 5.41) is 18.4. The van der Waals surface area contributed by atoms with Gasteiger partial charge in [-0.15, -0.1) is 0 Å². The van der Waals surface area contributed by atoms with Crippen LogP contribution in [0.15, 0.2) is 41.9 Å². The monoisotopic (exact) mass is 499 g/mol. The van der Waals surface area contributed by atoms with Crippen molar-refractivity contribution in [1.82, 2.24) is 25.0 Å². The molecule has 34 heavy (non-hydrogen) atoms. The van der Waals surface area contributed by atoms with Crippen LogP contribution in [0.3, 0.4) is 0 Å². The van der Waals surface area contributed by atoms with Gasteiger partial charge in [-0.25, -0.2) is 9.67 Å². The maximum Gasteiger partial charge on any atom is 0.215 e. The largest absolute Gasteiger partial charge is 0.466 e. The minimum Gasteiger partial charge on any atom is -0.466 e. The van der Waals surface area contributed by atoms with E-state index < -0.39 is 6.23 Å². The van der Waals surface area contributed by atoms with Crippen molar-refractivity contribution in [3.63, 3.8) is 0 Å². The minimum absolute atomic E-state index is 0.235. The van der Waals surface area contributed by atoms with Gasteiger partial charge in [-0.2, -0.15) is 10.4 Å². The van der Waals surface area contributed by atoms with Crippen molar-refractivity contribution < 1.29 is 4.74 Å². The van der Waals surface area contributed by atoms with E-state index in [1.807, 2.05) is 17.0 Å². The molecule has 1 aromatic carbocycles. The number of hydrogen-bond acceptors (Lipinski definition) is 6. The number of ether oxygens (including phenoxy) is 1. The zero-order chi connectivity index (χ0) is 24.3. The van der Waals surface area contributed by atoms with Crippen LogP contribution in [0.25, 0.3) is 0 Å². The number of thiocarbonyl (C=S) groups is 1. The first-order chi connectivity index (χ1) is 16.2. The first kappa shape index (κ1) is 24.4. The molecule has 0 unspecified atom stereocenters. The molecule has 0 bridgehead atoms. The fraction of sp³-hybridized carbons (Fsp3) is 0.542. The summed E-state index contributed by atoms with van der Waals surface area (Å²) in [4.78, 5) is 11.5. The van der Waals surface area contributed by atoms with Crippen LogP contribution >= 0.6 is 23.8 Å². The summed E-state index contributed by atoms with van der Waals surface area (Å²) in [5.41, 5.74) is -0.681. The molecule has 1 aromatic heterocycles. The minimum atomic E-state index is -0.558. The highest BCUT2D eigenvalue weighted by Gasteiger charge is 2.50. The zero-order valence-corrected chi connectivity index (χ0v) is 21.3. The second-order valence-corrected chi connectivity index (χ2v) is 10.7. The molecule has 10 heteroatoms. The Hall–Kier alpha value is -2.70. The molecule has 2 fully saturated rings. The molecule has 1 saturated carbocycles. The van der Waals surface area contributed by atoms with E-state index in [9.17, 15) is 5.26 Å². The maximum atomic E-state index is 9.49. The van der Waals surface area contributed by atoms with Crippen molar-refractivity contribution >= 4 is 34.8 Å². The standard InChI is InChI=1S/C24H30ClN7OS/c1-23(2,3)19(20(32-16-27-15-28-32)33-18-9-7-17(25)8-10-18)29-21-24(11-5-4-6-12-24)31(14-13-26)22(34)30-21/h7-10,15-16,19-20H,4-6,11-12,14H2,1-3H3,(H,29,30,34)/t19-,20-/m1/s1. The average molecular weight is 500 g/mol. The molecule has 8 nitrogen and oxygen atoms in total. The summed E-state index contributed by atoms with van der Waals surface area (Å²) in [7, 11) is 0. The molecule has 2 aromatic rings. The lowest BCUT2D eigenvalue weighted by molar-refractivity contribution is 0.0465. The van der Waals surface area contributed by atoms with Gasteiger partial charge < -0.3 is 15.0 Å². The molecule has 2 aliphatic rings. The van der Waals surface area contributed by atoms with Gasteiger partial charge in [-0.05, 0) is 54.7 Å². The van der Waals surface area contributed by atoms with Gasteiger partial charge in [-0.3, -0.25) is 4.99 Å². The number of nitriles is 1. The number of nitrogens with zero attached hydrogens (tertiary/aromatic N) is 6. The van der Waals surface area contributed by atoms with E-state index in [4.69, 9.17) is 33.5 Å². The van der Waals surface area contributed by atoms with Gasteiger partial charge in [0.15, 0.2) is 5.11 Å². The number of benzene rings is 1. The van der Waals surface area contributed by atoms with E-state index in [0.29, 0.717) is 15.9 Å². The summed E-state index contributed by atoms with van der Waals surface area (Å²) < 4.78 is 8.15. The summed E-state index contributed by atoms with van der Waals surface area (Å²) in [5.74, 6) is 1.48. The SMILES string of the molecule is CC(C)(C)[C@H](N=C1NC(=S)N(CC#N)C12CCCCC2)[C@@H](Oc1ccc(Cl)cc1)n1cncn1. The van der Waals surface area contributed by atoms with Gasteiger partial charge in [0.1, 0.15) is 42.4 Å². The van der Waals surface area contributed by atoms with E-state index in [2.05, 4.69) is 42.2 Å². The second-order valence-electron chi connectivity index (χ2n) is 9.89. The molecule has 0 amide bonds. The van der Waals surface area contributed by atoms with Crippen LogP contribution in [0.4, 0.5) is 0 Å². The third-order valence-corrected chi connectivity index (χ3v) is 7.11. The maximum absolute atomic E-state index is 9.49. The molecule has 2 heterocycles. The van der Waals surface area contributed by atoms with Gasteiger partial charge >= 0.3 is 0 Å². The Bertz CT molecular complexity index is 1070. The number of aromatic nitrogens is 3. The Morgan fingerprint density at radius 1 is 1.26 bits per heavy atom. The van der Waals surface area contributed by atoms with Gasteiger partial charge in [0.05, 0.1) is 6.07 Å². The number of hydrogen-bond donors (Lipinski definition) is 1. The van der Waals surface area contributed by atoms with Gasteiger partial charge in [0.2, 0.25) is 6.23 Å². The lowest BCUT2D eigenvalue weighted by atomic mass is 9.79. The van der Waals surface area contributed by atoms with Crippen LogP contribution < -0.4 is 10.1 Å². The molecule has 1 saturated heterocycles. The van der Waals surface area contributed by atoms with Gasteiger partial charge in [0.25, 0.3) is 0 Å². The van der Waals surface area contributed by atoms with Crippen LogP contribution in [0.5, 0.6) is 5.75 Å². The Labute approximate surface area is 211 Å². The van der Waals surface area contributed by atoms with Crippen molar-refractivity contribution in [1.29, 1.82) is 5.26 Å². The number of nitrogens with one attached hydrogen (secondary N) is 1. The molecule has 1 aliphatic carbocycles. The summed E-state index contributed by atoms with van der Waals surface area (Å²) in [6.45, 7) is 6.62. The van der Waals surface area contributed by atoms with Crippen molar-refractivity contribution in [3.8, 4) is 11.8 Å². The molecule has 0 radical (unpaired) electrons. The van der Waals surface area contributed by atoms with Crippen LogP contribution in [0.2, 0.25) is 5.02 Å². The van der Waals surface area contributed by atoms with E-state index >= 15 is 0 Å². The summed E-state index contributed by atoms with van der Waals surface area (Å²) in [6, 6.07) is 9.20. The first-order valence-electron chi connectivity index (χ1n) is 11.5. The van der Waals surface area contributed by atoms with Crippen molar-refractivity contribution in [3.05, 3.63) is 41.9 Å². The number of amidine groups is 1. The molecular weight excluding hydrogens is 470 g/mol. The lowest BCUT2D eigenvalue weighted by Crippen LogP contribution is -2.52.